The number of rotatable bonds is 8. The van der Waals surface area contributed by atoms with E-state index in [0.29, 0.717) is 6.54 Å². The quantitative estimate of drug-likeness (QED) is 0.687. The van der Waals surface area contributed by atoms with Gasteiger partial charge in [-0.05, 0) is 44.7 Å². The van der Waals surface area contributed by atoms with Gasteiger partial charge in [0.15, 0.2) is 0 Å². The SMILES string of the molecule is COCC(CN)(C1CC1)N(C)CCC(C)C. The molecule has 1 rings (SSSR count). The van der Waals surface area contributed by atoms with Crippen molar-refractivity contribution >= 4 is 0 Å². The molecular formula is C13H28N2O. The molecule has 1 unspecified atom stereocenters. The van der Waals surface area contributed by atoms with Crippen molar-refractivity contribution in [3.8, 4) is 0 Å². The molecule has 3 nitrogen and oxygen atoms in total. The molecule has 0 aliphatic heterocycles. The highest BCUT2D eigenvalue weighted by atomic mass is 16.5. The van der Waals surface area contributed by atoms with Crippen molar-refractivity contribution in [2.45, 2.75) is 38.6 Å². The second kappa shape index (κ2) is 5.99. The van der Waals surface area contributed by atoms with Crippen molar-refractivity contribution in [1.82, 2.24) is 4.90 Å². The summed E-state index contributed by atoms with van der Waals surface area (Å²) in [5.41, 5.74) is 6.11. The lowest BCUT2D eigenvalue weighted by atomic mass is 9.91. The monoisotopic (exact) mass is 228 g/mol. The minimum atomic E-state index is 0.0869. The van der Waals surface area contributed by atoms with E-state index in [0.717, 1.165) is 25.0 Å². The summed E-state index contributed by atoms with van der Waals surface area (Å²) in [7, 11) is 3.98. The van der Waals surface area contributed by atoms with Crippen LogP contribution in [0.3, 0.4) is 0 Å². The lowest BCUT2D eigenvalue weighted by Crippen LogP contribution is -2.57. The molecule has 0 radical (unpaired) electrons. The lowest BCUT2D eigenvalue weighted by molar-refractivity contribution is 0.0129. The Balaban J connectivity index is 2.59. The first-order chi connectivity index (χ1) is 7.56. The van der Waals surface area contributed by atoms with Gasteiger partial charge in [0, 0.05) is 13.7 Å². The summed E-state index contributed by atoms with van der Waals surface area (Å²) in [6.07, 6.45) is 3.86. The molecule has 96 valence electrons. The fourth-order valence-corrected chi connectivity index (χ4v) is 2.47. The minimum absolute atomic E-state index is 0.0869. The van der Waals surface area contributed by atoms with Gasteiger partial charge in [-0.1, -0.05) is 13.8 Å². The molecule has 0 aromatic heterocycles. The highest BCUT2D eigenvalue weighted by Gasteiger charge is 2.46. The van der Waals surface area contributed by atoms with Gasteiger partial charge in [0.05, 0.1) is 12.1 Å². The van der Waals surface area contributed by atoms with Crippen molar-refractivity contribution in [3.05, 3.63) is 0 Å². The Hall–Kier alpha value is -0.120. The normalized spacial score (nSPS) is 20.4. The van der Waals surface area contributed by atoms with Gasteiger partial charge in [-0.2, -0.15) is 0 Å². The summed E-state index contributed by atoms with van der Waals surface area (Å²) in [5.74, 6) is 1.49. The molecule has 3 heteroatoms. The maximum atomic E-state index is 6.02. The molecule has 2 N–H and O–H groups in total. The van der Waals surface area contributed by atoms with Crippen LogP contribution in [0.15, 0.2) is 0 Å². The molecule has 0 spiro atoms. The van der Waals surface area contributed by atoms with E-state index in [1.54, 1.807) is 7.11 Å². The number of nitrogens with zero attached hydrogens (tertiary/aromatic N) is 1. The van der Waals surface area contributed by atoms with Crippen molar-refractivity contribution in [2.75, 3.05) is 33.9 Å². The van der Waals surface area contributed by atoms with Crippen molar-refractivity contribution in [1.29, 1.82) is 0 Å². The summed E-state index contributed by atoms with van der Waals surface area (Å²) in [5, 5.41) is 0. The van der Waals surface area contributed by atoms with Gasteiger partial charge in [0.25, 0.3) is 0 Å². The minimum Gasteiger partial charge on any atom is -0.383 e. The number of ether oxygens (including phenoxy) is 1. The first-order valence-corrected chi connectivity index (χ1v) is 6.47. The first kappa shape index (κ1) is 13.9. The number of likely N-dealkylation sites (N-methyl/N-ethyl adjacent to an activating group) is 1. The highest BCUT2D eigenvalue weighted by molar-refractivity contribution is 5.02. The van der Waals surface area contributed by atoms with Crippen molar-refractivity contribution in [3.63, 3.8) is 0 Å². The zero-order valence-electron chi connectivity index (χ0n) is 11.3. The third-order valence-electron chi connectivity index (χ3n) is 3.89. The predicted molar refractivity (Wildman–Crippen MR) is 68.5 cm³/mol. The van der Waals surface area contributed by atoms with Gasteiger partial charge in [0.2, 0.25) is 0 Å². The van der Waals surface area contributed by atoms with Gasteiger partial charge in [-0.15, -0.1) is 0 Å². The van der Waals surface area contributed by atoms with Crippen LogP contribution < -0.4 is 5.73 Å². The summed E-state index contributed by atoms with van der Waals surface area (Å²) in [6.45, 7) is 7.13. The van der Waals surface area contributed by atoms with Crippen LogP contribution in [0.2, 0.25) is 0 Å². The Morgan fingerprint density at radius 2 is 2.06 bits per heavy atom. The maximum Gasteiger partial charge on any atom is 0.0661 e. The van der Waals surface area contributed by atoms with E-state index in [4.69, 9.17) is 10.5 Å². The third-order valence-corrected chi connectivity index (χ3v) is 3.89. The van der Waals surface area contributed by atoms with E-state index in [1.807, 2.05) is 0 Å². The van der Waals surface area contributed by atoms with E-state index >= 15 is 0 Å². The number of nitrogens with two attached hydrogens (primary N) is 1. The highest BCUT2D eigenvalue weighted by Crippen LogP contribution is 2.42. The molecule has 16 heavy (non-hydrogen) atoms. The molecule has 0 heterocycles. The van der Waals surface area contributed by atoms with Crippen LogP contribution in [-0.2, 0) is 4.74 Å². The zero-order chi connectivity index (χ0) is 12.2. The fourth-order valence-electron chi connectivity index (χ4n) is 2.47. The molecule has 1 fully saturated rings. The summed E-state index contributed by atoms with van der Waals surface area (Å²) in [4.78, 5) is 2.44. The smallest absolute Gasteiger partial charge is 0.0661 e. The van der Waals surface area contributed by atoms with E-state index in [-0.39, 0.29) is 5.54 Å². The van der Waals surface area contributed by atoms with Crippen molar-refractivity contribution in [2.24, 2.45) is 17.6 Å². The fraction of sp³-hybridized carbons (Fsp3) is 1.00. The van der Waals surface area contributed by atoms with Crippen LogP contribution in [0.25, 0.3) is 0 Å². The number of methoxy groups -OCH3 is 1. The van der Waals surface area contributed by atoms with Crippen LogP contribution in [0.5, 0.6) is 0 Å². The molecular weight excluding hydrogens is 200 g/mol. The van der Waals surface area contributed by atoms with Crippen LogP contribution >= 0.6 is 0 Å². The van der Waals surface area contributed by atoms with Crippen LogP contribution in [0.4, 0.5) is 0 Å². The Morgan fingerprint density at radius 3 is 2.44 bits per heavy atom. The molecule has 0 amide bonds. The summed E-state index contributed by atoms with van der Waals surface area (Å²) < 4.78 is 5.41. The second-order valence-electron chi connectivity index (χ2n) is 5.62. The van der Waals surface area contributed by atoms with Gasteiger partial charge in [-0.25, -0.2) is 0 Å². The van der Waals surface area contributed by atoms with Crippen LogP contribution in [-0.4, -0.2) is 44.3 Å². The Morgan fingerprint density at radius 1 is 1.44 bits per heavy atom. The van der Waals surface area contributed by atoms with E-state index in [1.165, 1.54) is 19.3 Å². The predicted octanol–water partition coefficient (Wildman–Crippen LogP) is 1.72. The van der Waals surface area contributed by atoms with Gasteiger partial charge in [-0.3, -0.25) is 4.90 Å². The van der Waals surface area contributed by atoms with Crippen LogP contribution in [0, 0.1) is 11.8 Å². The maximum absolute atomic E-state index is 6.02. The largest absolute Gasteiger partial charge is 0.383 e. The number of hydrogen-bond donors (Lipinski definition) is 1. The van der Waals surface area contributed by atoms with Gasteiger partial charge < -0.3 is 10.5 Å². The van der Waals surface area contributed by atoms with Crippen molar-refractivity contribution < 1.29 is 4.74 Å². The Labute approximate surface area is 100 Å². The molecule has 0 aromatic carbocycles. The summed E-state index contributed by atoms with van der Waals surface area (Å²) in [6, 6.07) is 0. The molecule has 1 saturated carbocycles. The molecule has 0 saturated heterocycles. The Kier molecular flexibility index (Phi) is 5.22. The first-order valence-electron chi connectivity index (χ1n) is 6.47. The molecule has 1 aliphatic rings. The van der Waals surface area contributed by atoms with Crippen LogP contribution in [0.1, 0.15) is 33.1 Å². The molecule has 0 bridgehead atoms. The standard InChI is InChI=1S/C13H28N2O/c1-11(2)7-8-15(3)13(9-14,10-16-4)12-5-6-12/h11-12H,5-10,14H2,1-4H3. The van der Waals surface area contributed by atoms with Gasteiger partial charge >= 0.3 is 0 Å². The van der Waals surface area contributed by atoms with Gasteiger partial charge in [0.1, 0.15) is 0 Å². The molecule has 1 aliphatic carbocycles. The average Bonchev–Trinajstić information content (AvgIpc) is 3.06. The second-order valence-corrected chi connectivity index (χ2v) is 5.62. The van der Waals surface area contributed by atoms with E-state index < -0.39 is 0 Å². The zero-order valence-corrected chi connectivity index (χ0v) is 11.3. The molecule has 0 aromatic rings. The van der Waals surface area contributed by atoms with E-state index in [9.17, 15) is 0 Å². The number of hydrogen-bond acceptors (Lipinski definition) is 3. The topological polar surface area (TPSA) is 38.5 Å². The van der Waals surface area contributed by atoms with E-state index in [2.05, 4.69) is 25.8 Å². The lowest BCUT2D eigenvalue weighted by Gasteiger charge is -2.41. The summed E-state index contributed by atoms with van der Waals surface area (Å²) >= 11 is 0. The molecule has 1 atom stereocenters. The average molecular weight is 228 g/mol. The Bertz CT molecular complexity index is 204. The third kappa shape index (κ3) is 3.19.